The lowest BCUT2D eigenvalue weighted by Crippen LogP contribution is -2.16. The Labute approximate surface area is 171 Å². The van der Waals surface area contributed by atoms with Crippen molar-refractivity contribution in [1.82, 2.24) is 10.3 Å². The molecule has 0 atom stereocenters. The minimum absolute atomic E-state index is 0.309. The lowest BCUT2D eigenvalue weighted by Gasteiger charge is -2.26. The maximum atomic E-state index is 10.8. The summed E-state index contributed by atoms with van der Waals surface area (Å²) in [5.74, 6) is 0.452. The molecule has 2 aliphatic rings. The van der Waals surface area contributed by atoms with E-state index in [0.29, 0.717) is 18.3 Å². The first-order chi connectivity index (χ1) is 13.6. The molecule has 4 rings (SSSR count). The summed E-state index contributed by atoms with van der Waals surface area (Å²) in [6, 6.07) is 6.90. The Morgan fingerprint density at radius 2 is 1.93 bits per heavy atom. The van der Waals surface area contributed by atoms with Crippen molar-refractivity contribution in [3.63, 3.8) is 0 Å². The maximum Gasteiger partial charge on any atom is 0.303 e. The van der Waals surface area contributed by atoms with Gasteiger partial charge in [0, 0.05) is 22.8 Å². The molecule has 0 saturated heterocycles. The molecular weight excluding hydrogens is 368 g/mol. The smallest absolute Gasteiger partial charge is 0.303 e. The van der Waals surface area contributed by atoms with Crippen molar-refractivity contribution in [1.29, 1.82) is 0 Å². The van der Waals surface area contributed by atoms with E-state index in [2.05, 4.69) is 30.4 Å². The minimum atomic E-state index is -0.668. The number of carbonyl (C=O) groups is 1. The van der Waals surface area contributed by atoms with Crippen LogP contribution in [0.3, 0.4) is 0 Å². The van der Waals surface area contributed by atoms with Crippen LogP contribution in [0.2, 0.25) is 0 Å². The Morgan fingerprint density at radius 1 is 1.18 bits per heavy atom. The Hall–Kier alpha value is -1.72. The van der Waals surface area contributed by atoms with Crippen molar-refractivity contribution in [2.24, 2.45) is 5.92 Å². The van der Waals surface area contributed by atoms with E-state index in [-0.39, 0.29) is 0 Å². The number of carboxylic acid groups (broad SMARTS) is 1. The van der Waals surface area contributed by atoms with Crippen molar-refractivity contribution in [3.8, 4) is 11.3 Å². The summed E-state index contributed by atoms with van der Waals surface area (Å²) in [6.45, 7) is 4.33. The van der Waals surface area contributed by atoms with Gasteiger partial charge in [-0.25, -0.2) is 4.98 Å². The van der Waals surface area contributed by atoms with Crippen LogP contribution in [0.15, 0.2) is 18.2 Å². The number of rotatable bonds is 5. The van der Waals surface area contributed by atoms with Gasteiger partial charge in [0.15, 0.2) is 0 Å². The maximum absolute atomic E-state index is 10.8. The largest absolute Gasteiger partial charge is 0.481 e. The average molecular weight is 399 g/mol. The molecule has 2 N–H and O–H groups in total. The van der Waals surface area contributed by atoms with E-state index < -0.39 is 5.97 Å². The average Bonchev–Trinajstić information content (AvgIpc) is 2.93. The molecule has 1 aliphatic carbocycles. The SMILES string of the molecule is Cc1sc([C@H]2CC[C@H](CCC(=O)O)CC2)nc1-c1ccc2c(c1)CCNCC2. The molecule has 2 heterocycles. The Bertz CT molecular complexity index is 837. The van der Waals surface area contributed by atoms with Crippen LogP contribution in [-0.2, 0) is 17.6 Å². The van der Waals surface area contributed by atoms with Crippen LogP contribution in [0.4, 0.5) is 0 Å². The van der Waals surface area contributed by atoms with Crippen LogP contribution in [-0.4, -0.2) is 29.1 Å². The van der Waals surface area contributed by atoms with Gasteiger partial charge < -0.3 is 10.4 Å². The number of aliphatic carboxylic acids is 1. The van der Waals surface area contributed by atoms with Gasteiger partial charge in [0.25, 0.3) is 0 Å². The fourth-order valence-electron chi connectivity index (χ4n) is 4.71. The third-order valence-corrected chi connectivity index (χ3v) is 7.53. The van der Waals surface area contributed by atoms with E-state index in [9.17, 15) is 4.79 Å². The summed E-state index contributed by atoms with van der Waals surface area (Å²) < 4.78 is 0. The van der Waals surface area contributed by atoms with E-state index in [0.717, 1.165) is 63.7 Å². The molecule has 0 bridgehead atoms. The van der Waals surface area contributed by atoms with Crippen LogP contribution in [0, 0.1) is 12.8 Å². The molecule has 1 aliphatic heterocycles. The molecule has 28 heavy (non-hydrogen) atoms. The van der Waals surface area contributed by atoms with Crippen LogP contribution < -0.4 is 5.32 Å². The quantitative estimate of drug-likeness (QED) is 0.748. The predicted octanol–water partition coefficient (Wildman–Crippen LogP) is 4.95. The lowest BCUT2D eigenvalue weighted by molar-refractivity contribution is -0.137. The number of thiazole rings is 1. The Morgan fingerprint density at radius 3 is 2.68 bits per heavy atom. The molecule has 150 valence electrons. The van der Waals surface area contributed by atoms with Crippen molar-refractivity contribution in [3.05, 3.63) is 39.2 Å². The zero-order chi connectivity index (χ0) is 19.5. The van der Waals surface area contributed by atoms with Crippen LogP contribution in [0.25, 0.3) is 11.3 Å². The number of aromatic nitrogens is 1. The molecule has 5 heteroatoms. The van der Waals surface area contributed by atoms with Gasteiger partial charge in [-0.1, -0.05) is 12.1 Å². The van der Waals surface area contributed by atoms with E-state index in [1.807, 2.05) is 11.3 Å². The fraction of sp³-hybridized carbons (Fsp3) is 0.565. The van der Waals surface area contributed by atoms with Crippen LogP contribution >= 0.6 is 11.3 Å². The van der Waals surface area contributed by atoms with E-state index in [1.54, 1.807) is 0 Å². The van der Waals surface area contributed by atoms with Gasteiger partial charge in [0.1, 0.15) is 0 Å². The van der Waals surface area contributed by atoms with Crippen molar-refractivity contribution < 1.29 is 9.90 Å². The summed E-state index contributed by atoms with van der Waals surface area (Å²) in [5.41, 5.74) is 5.36. The number of fused-ring (bicyclic) bond motifs is 1. The number of hydrogen-bond donors (Lipinski definition) is 2. The van der Waals surface area contributed by atoms with Gasteiger partial charge in [-0.05, 0) is 88.1 Å². The normalized spacial score (nSPS) is 22.5. The first-order valence-corrected chi connectivity index (χ1v) is 11.4. The highest BCUT2D eigenvalue weighted by atomic mass is 32.1. The topological polar surface area (TPSA) is 62.2 Å². The lowest BCUT2D eigenvalue weighted by atomic mass is 9.80. The number of aryl methyl sites for hydroxylation is 1. The molecule has 1 saturated carbocycles. The summed E-state index contributed by atoms with van der Waals surface area (Å²) in [7, 11) is 0. The minimum Gasteiger partial charge on any atom is -0.481 e. The molecule has 0 amide bonds. The van der Waals surface area contributed by atoms with Gasteiger partial charge in [0.2, 0.25) is 0 Å². The number of carboxylic acids is 1. The van der Waals surface area contributed by atoms with Crippen molar-refractivity contribution in [2.75, 3.05) is 13.1 Å². The zero-order valence-electron chi connectivity index (χ0n) is 16.7. The van der Waals surface area contributed by atoms with Crippen LogP contribution in [0.1, 0.15) is 65.5 Å². The van der Waals surface area contributed by atoms with Crippen molar-refractivity contribution in [2.45, 2.75) is 64.2 Å². The molecule has 2 aromatic rings. The fourth-order valence-corrected chi connectivity index (χ4v) is 5.82. The first kappa shape index (κ1) is 19.6. The molecule has 4 nitrogen and oxygen atoms in total. The number of hydrogen-bond acceptors (Lipinski definition) is 4. The molecule has 1 aromatic carbocycles. The molecule has 0 spiro atoms. The summed E-state index contributed by atoms with van der Waals surface area (Å²) in [4.78, 5) is 17.2. The second-order valence-corrected chi connectivity index (χ2v) is 9.58. The number of benzene rings is 1. The molecule has 1 aromatic heterocycles. The zero-order valence-corrected chi connectivity index (χ0v) is 17.5. The summed E-state index contributed by atoms with van der Waals surface area (Å²) >= 11 is 1.86. The highest BCUT2D eigenvalue weighted by molar-refractivity contribution is 7.12. The summed E-state index contributed by atoms with van der Waals surface area (Å²) in [5, 5.41) is 13.7. The van der Waals surface area contributed by atoms with Gasteiger partial charge >= 0.3 is 5.97 Å². The molecule has 0 unspecified atom stereocenters. The summed E-state index contributed by atoms with van der Waals surface area (Å²) in [6.07, 6.45) is 7.91. The van der Waals surface area contributed by atoms with Gasteiger partial charge in [-0.2, -0.15) is 0 Å². The van der Waals surface area contributed by atoms with E-state index >= 15 is 0 Å². The number of nitrogens with zero attached hydrogens (tertiary/aromatic N) is 1. The van der Waals surface area contributed by atoms with Gasteiger partial charge in [0.05, 0.1) is 10.7 Å². The third kappa shape index (κ3) is 4.47. The Kier molecular flexibility index (Phi) is 6.12. The molecular formula is C23H30N2O2S. The standard InChI is InChI=1S/C23H30N2O2S/c1-15-22(20-8-7-17-10-12-24-13-11-19(17)14-20)25-23(28-15)18-5-2-16(3-6-18)4-9-21(26)27/h7-8,14,16,18,24H,2-6,9-13H2,1H3,(H,26,27)/t16-,18-. The predicted molar refractivity (Wildman–Crippen MR) is 114 cm³/mol. The van der Waals surface area contributed by atoms with Crippen LogP contribution in [0.5, 0.6) is 0 Å². The first-order valence-electron chi connectivity index (χ1n) is 10.6. The molecule has 0 radical (unpaired) electrons. The highest BCUT2D eigenvalue weighted by Crippen LogP contribution is 2.41. The number of nitrogens with one attached hydrogen (secondary N) is 1. The third-order valence-electron chi connectivity index (χ3n) is 6.40. The second kappa shape index (κ2) is 8.75. The second-order valence-electron chi connectivity index (χ2n) is 8.34. The Balaban J connectivity index is 1.46. The van der Waals surface area contributed by atoms with E-state index in [4.69, 9.17) is 10.1 Å². The van der Waals surface area contributed by atoms with E-state index in [1.165, 1.54) is 26.6 Å². The monoisotopic (exact) mass is 398 g/mol. The highest BCUT2D eigenvalue weighted by Gasteiger charge is 2.26. The van der Waals surface area contributed by atoms with Crippen molar-refractivity contribution >= 4 is 17.3 Å². The van der Waals surface area contributed by atoms with Gasteiger partial charge in [-0.15, -0.1) is 11.3 Å². The molecule has 1 fully saturated rings. The van der Waals surface area contributed by atoms with Gasteiger partial charge in [-0.3, -0.25) is 4.79 Å².